The van der Waals surface area contributed by atoms with Gasteiger partial charge < -0.3 is 16.0 Å². The Kier molecular flexibility index (Phi) is 5.58. The first-order valence-electron chi connectivity index (χ1n) is 7.07. The predicted octanol–water partition coefficient (Wildman–Crippen LogP) is 3.26. The largest absolute Gasteiger partial charge is 0.389 e. The Morgan fingerprint density at radius 2 is 1.76 bits per heavy atom. The van der Waals surface area contributed by atoms with Gasteiger partial charge in [-0.05, 0) is 30.7 Å². The molecule has 0 aromatic heterocycles. The third-order valence-corrected chi connectivity index (χ3v) is 3.60. The van der Waals surface area contributed by atoms with Crippen LogP contribution in [-0.2, 0) is 0 Å². The quantitative estimate of drug-likeness (QED) is 0.608. The molecule has 110 valence electrons. The topological polar surface area (TPSA) is 41.3 Å². The number of para-hydroxylation sites is 2. The van der Waals surface area contributed by atoms with Crippen LogP contribution < -0.4 is 16.0 Å². The second-order valence-corrected chi connectivity index (χ2v) is 5.39. The fraction of sp³-hybridized carbons (Fsp3) is 0.235. The van der Waals surface area contributed by atoms with Gasteiger partial charge in [0.25, 0.3) is 0 Å². The lowest BCUT2D eigenvalue weighted by atomic mass is 10.1. The van der Waals surface area contributed by atoms with Gasteiger partial charge in [0.2, 0.25) is 0 Å². The van der Waals surface area contributed by atoms with Crippen LogP contribution >= 0.6 is 12.2 Å². The van der Waals surface area contributed by atoms with Crippen molar-refractivity contribution in [2.75, 3.05) is 30.4 Å². The zero-order chi connectivity index (χ0) is 15.1. The first kappa shape index (κ1) is 15.3. The summed E-state index contributed by atoms with van der Waals surface area (Å²) in [5.74, 6) is 0. The Balaban J connectivity index is 1.81. The number of hydrogen-bond donors (Lipinski definition) is 2. The highest BCUT2D eigenvalue weighted by atomic mass is 32.1. The Bertz CT molecular complexity index is 584. The molecular weight excluding hydrogens is 278 g/mol. The zero-order valence-corrected chi connectivity index (χ0v) is 13.1. The third kappa shape index (κ3) is 4.46. The van der Waals surface area contributed by atoms with Gasteiger partial charge in [0.1, 0.15) is 4.99 Å². The average Bonchev–Trinajstić information content (AvgIpc) is 2.52. The van der Waals surface area contributed by atoms with E-state index in [1.165, 1.54) is 5.69 Å². The van der Waals surface area contributed by atoms with E-state index < -0.39 is 0 Å². The lowest BCUT2D eigenvalue weighted by Gasteiger charge is -2.19. The van der Waals surface area contributed by atoms with Gasteiger partial charge in [-0.1, -0.05) is 42.5 Å². The lowest BCUT2D eigenvalue weighted by molar-refractivity contribution is 0.816. The predicted molar refractivity (Wildman–Crippen MR) is 95.1 cm³/mol. The molecule has 2 aromatic carbocycles. The van der Waals surface area contributed by atoms with Gasteiger partial charge >= 0.3 is 0 Å². The molecule has 2 rings (SSSR count). The molecule has 3 N–H and O–H groups in total. The van der Waals surface area contributed by atoms with Gasteiger partial charge in [0.05, 0.1) is 0 Å². The minimum absolute atomic E-state index is 0.430. The van der Waals surface area contributed by atoms with Crippen LogP contribution in [0.5, 0.6) is 0 Å². The Hall–Kier alpha value is -2.07. The second-order valence-electron chi connectivity index (χ2n) is 4.95. The standard InChI is InChI=1S/C17H21N3S/c1-20(14-8-3-2-4-9-14)13-7-12-19-16-11-6-5-10-15(16)17(18)21/h2-6,8-11,19H,7,12-13H2,1H3,(H2,18,21). The molecule has 0 aliphatic heterocycles. The van der Waals surface area contributed by atoms with Crippen LogP contribution in [0, 0.1) is 0 Å². The van der Waals surface area contributed by atoms with Gasteiger partial charge in [-0.2, -0.15) is 0 Å². The van der Waals surface area contributed by atoms with E-state index in [9.17, 15) is 0 Å². The number of nitrogens with one attached hydrogen (secondary N) is 1. The van der Waals surface area contributed by atoms with Gasteiger partial charge in [-0.15, -0.1) is 0 Å². The molecular formula is C17H21N3S. The number of benzene rings is 2. The van der Waals surface area contributed by atoms with E-state index in [-0.39, 0.29) is 0 Å². The molecule has 0 radical (unpaired) electrons. The van der Waals surface area contributed by atoms with Crippen LogP contribution in [0.1, 0.15) is 12.0 Å². The molecule has 0 saturated heterocycles. The Morgan fingerprint density at radius 1 is 1.10 bits per heavy atom. The van der Waals surface area contributed by atoms with E-state index in [1.807, 2.05) is 30.3 Å². The van der Waals surface area contributed by atoms with Crippen molar-refractivity contribution in [1.82, 2.24) is 0 Å². The molecule has 3 nitrogen and oxygen atoms in total. The fourth-order valence-electron chi connectivity index (χ4n) is 2.20. The van der Waals surface area contributed by atoms with Gasteiger partial charge in [0, 0.05) is 37.1 Å². The summed E-state index contributed by atoms with van der Waals surface area (Å²) >= 11 is 5.06. The van der Waals surface area contributed by atoms with Crippen molar-refractivity contribution in [1.29, 1.82) is 0 Å². The highest BCUT2D eigenvalue weighted by Crippen LogP contribution is 2.15. The van der Waals surface area contributed by atoms with Crippen LogP contribution in [0.2, 0.25) is 0 Å². The monoisotopic (exact) mass is 299 g/mol. The van der Waals surface area contributed by atoms with Crippen LogP contribution in [0.25, 0.3) is 0 Å². The SMILES string of the molecule is CN(CCCNc1ccccc1C(N)=S)c1ccccc1. The summed E-state index contributed by atoms with van der Waals surface area (Å²) in [6, 6.07) is 18.3. The van der Waals surface area contributed by atoms with E-state index >= 15 is 0 Å². The van der Waals surface area contributed by atoms with E-state index in [2.05, 4.69) is 41.5 Å². The molecule has 0 amide bonds. The van der Waals surface area contributed by atoms with Crippen molar-refractivity contribution >= 4 is 28.6 Å². The normalized spacial score (nSPS) is 10.1. The van der Waals surface area contributed by atoms with Crippen LogP contribution in [0.4, 0.5) is 11.4 Å². The molecule has 21 heavy (non-hydrogen) atoms. The maximum Gasteiger partial charge on any atom is 0.106 e. The van der Waals surface area contributed by atoms with Crippen molar-refractivity contribution in [3.8, 4) is 0 Å². The molecule has 0 aliphatic rings. The van der Waals surface area contributed by atoms with E-state index in [0.29, 0.717) is 4.99 Å². The first-order valence-corrected chi connectivity index (χ1v) is 7.48. The second kappa shape index (κ2) is 7.64. The summed E-state index contributed by atoms with van der Waals surface area (Å²) in [6.07, 6.45) is 1.04. The number of rotatable bonds is 7. The smallest absolute Gasteiger partial charge is 0.106 e. The van der Waals surface area contributed by atoms with Crippen molar-refractivity contribution in [2.45, 2.75) is 6.42 Å². The van der Waals surface area contributed by atoms with E-state index in [1.54, 1.807) is 0 Å². The van der Waals surface area contributed by atoms with E-state index in [0.717, 1.165) is 30.8 Å². The molecule has 0 unspecified atom stereocenters. The number of thiocarbonyl (C=S) groups is 1. The Labute approximate surface area is 131 Å². The average molecular weight is 299 g/mol. The van der Waals surface area contributed by atoms with Crippen molar-refractivity contribution < 1.29 is 0 Å². The molecule has 0 bridgehead atoms. The highest BCUT2D eigenvalue weighted by molar-refractivity contribution is 7.80. The van der Waals surface area contributed by atoms with Crippen LogP contribution in [0.3, 0.4) is 0 Å². The first-order chi connectivity index (χ1) is 10.2. The molecule has 0 atom stereocenters. The molecule has 0 fully saturated rings. The number of hydrogen-bond acceptors (Lipinski definition) is 3. The molecule has 4 heteroatoms. The summed E-state index contributed by atoms with van der Waals surface area (Å²) in [5, 5.41) is 3.41. The Morgan fingerprint density at radius 3 is 2.48 bits per heavy atom. The highest BCUT2D eigenvalue weighted by Gasteiger charge is 2.04. The summed E-state index contributed by atoms with van der Waals surface area (Å²) in [5.41, 5.74) is 8.88. The molecule has 0 heterocycles. The summed E-state index contributed by atoms with van der Waals surface area (Å²) < 4.78 is 0. The minimum atomic E-state index is 0.430. The number of nitrogens with two attached hydrogens (primary N) is 1. The maximum atomic E-state index is 5.73. The number of nitrogens with zero attached hydrogens (tertiary/aromatic N) is 1. The van der Waals surface area contributed by atoms with Gasteiger partial charge in [0.15, 0.2) is 0 Å². The van der Waals surface area contributed by atoms with Crippen LogP contribution in [0.15, 0.2) is 54.6 Å². The number of anilines is 2. The third-order valence-electron chi connectivity index (χ3n) is 3.38. The van der Waals surface area contributed by atoms with Gasteiger partial charge in [-0.3, -0.25) is 0 Å². The van der Waals surface area contributed by atoms with E-state index in [4.69, 9.17) is 18.0 Å². The maximum absolute atomic E-state index is 5.73. The fourth-order valence-corrected chi connectivity index (χ4v) is 2.38. The minimum Gasteiger partial charge on any atom is -0.389 e. The van der Waals surface area contributed by atoms with Crippen molar-refractivity contribution in [2.24, 2.45) is 5.73 Å². The zero-order valence-electron chi connectivity index (χ0n) is 12.3. The lowest BCUT2D eigenvalue weighted by Crippen LogP contribution is -2.21. The molecule has 2 aromatic rings. The van der Waals surface area contributed by atoms with Crippen LogP contribution in [-0.4, -0.2) is 25.1 Å². The summed E-state index contributed by atoms with van der Waals surface area (Å²) in [6.45, 7) is 1.88. The van der Waals surface area contributed by atoms with Crippen molar-refractivity contribution in [3.05, 3.63) is 60.2 Å². The molecule has 0 saturated carbocycles. The molecule has 0 spiro atoms. The summed E-state index contributed by atoms with van der Waals surface area (Å²) in [4.78, 5) is 2.68. The summed E-state index contributed by atoms with van der Waals surface area (Å²) in [7, 11) is 2.11. The molecule has 0 aliphatic carbocycles. The van der Waals surface area contributed by atoms with Gasteiger partial charge in [-0.25, -0.2) is 0 Å². The van der Waals surface area contributed by atoms with Crippen molar-refractivity contribution in [3.63, 3.8) is 0 Å².